The predicted octanol–water partition coefficient (Wildman–Crippen LogP) is 8.42. The van der Waals surface area contributed by atoms with Crippen LogP contribution in [0.2, 0.25) is 36.3 Å². The van der Waals surface area contributed by atoms with Gasteiger partial charge in [0.2, 0.25) is 5.95 Å². The second-order valence-electron chi connectivity index (χ2n) is 21.5. The van der Waals surface area contributed by atoms with Gasteiger partial charge >= 0.3 is 16.1 Å². The molecule has 0 radical (unpaired) electrons. The molecular formula is C46H69N10O13P2Si2+. The van der Waals surface area contributed by atoms with E-state index in [9.17, 15) is 24.6 Å². The Kier molecular flexibility index (Phi) is 17.3. The van der Waals surface area contributed by atoms with E-state index in [0.717, 1.165) is 5.69 Å². The Morgan fingerprint density at radius 3 is 2.15 bits per heavy atom. The fourth-order valence-electron chi connectivity index (χ4n) is 7.82. The fourth-order valence-corrected chi connectivity index (χ4v) is 12.2. The van der Waals surface area contributed by atoms with Crippen LogP contribution in [0.25, 0.3) is 22.2 Å². The lowest BCUT2D eigenvalue weighted by molar-refractivity contribution is -0.0627. The van der Waals surface area contributed by atoms with E-state index in [1.54, 1.807) is 23.2 Å². The van der Waals surface area contributed by atoms with Crippen molar-refractivity contribution < 1.29 is 55.6 Å². The van der Waals surface area contributed by atoms with Crippen LogP contribution in [0.3, 0.4) is 0 Å². The van der Waals surface area contributed by atoms with Crippen molar-refractivity contribution in [1.82, 2.24) is 34.1 Å². The lowest BCUT2D eigenvalue weighted by Gasteiger charge is -2.40. The Balaban J connectivity index is 1.29. The smallest absolute Gasteiger partial charge is 0.408 e. The number of H-pyrrole nitrogens is 1. The number of ether oxygens (including phenoxy) is 2. The van der Waals surface area contributed by atoms with Crippen molar-refractivity contribution in [3.8, 4) is 6.07 Å². The SMILES string of the molecule is CC(C)CNc1nc2c(ncn2[C@@H]2O[C@H](CO)[C@@H](O[Si](C)(C)C(C)(C)C)[C@H]2OP(=O)(OCCC#N)OC[C@H]2O[C@@H](n3cnc4c(Nc5ccccc5)nccc43)[C@H](O[Si](C)(C)C(C)(C)C)[C@@H]2O[P+](=O)O)c(=O)[nH]1. The minimum Gasteiger partial charge on any atom is -0.408 e. The first kappa shape index (κ1) is 56.4. The Bertz CT molecular complexity index is 2870. The maximum atomic E-state index is 15.5. The number of aliphatic hydroxyl groups is 1. The van der Waals surface area contributed by atoms with Crippen LogP contribution in [0.4, 0.5) is 17.5 Å². The normalized spacial score (nSPS) is 24.1. The molecule has 0 saturated carbocycles. The molecule has 2 saturated heterocycles. The largest absolute Gasteiger partial charge is 0.695 e. The lowest BCUT2D eigenvalue weighted by Crippen LogP contribution is -2.50. The molecule has 73 heavy (non-hydrogen) atoms. The molecule has 2 fully saturated rings. The maximum Gasteiger partial charge on any atom is 0.695 e. The fraction of sp³-hybridized carbons (Fsp3) is 0.609. The van der Waals surface area contributed by atoms with E-state index < -0.39 is 107 Å². The number of phosphoric acid groups is 1. The molecule has 2 unspecified atom stereocenters. The number of phosphoric ester groups is 1. The first-order chi connectivity index (χ1) is 34.3. The highest BCUT2D eigenvalue weighted by molar-refractivity contribution is 7.48. The highest BCUT2D eigenvalue weighted by Crippen LogP contribution is 2.56. The van der Waals surface area contributed by atoms with Gasteiger partial charge in [0.05, 0.1) is 50.5 Å². The third kappa shape index (κ3) is 12.7. The van der Waals surface area contributed by atoms with E-state index in [0.29, 0.717) is 23.4 Å². The third-order valence-corrected chi connectivity index (χ3v) is 24.6. The van der Waals surface area contributed by atoms with Gasteiger partial charge in [-0.05, 0) is 60.4 Å². The summed E-state index contributed by atoms with van der Waals surface area (Å²) in [6.07, 6.45) is -5.39. The van der Waals surface area contributed by atoms with Gasteiger partial charge in [-0.25, -0.2) is 19.5 Å². The highest BCUT2D eigenvalue weighted by atomic mass is 31.2. The van der Waals surface area contributed by atoms with Crippen molar-refractivity contribution in [2.45, 2.75) is 147 Å². The number of anilines is 3. The molecule has 398 valence electrons. The third-order valence-electron chi connectivity index (χ3n) is 13.7. The summed E-state index contributed by atoms with van der Waals surface area (Å²) in [5.74, 6) is 0.838. The van der Waals surface area contributed by atoms with Crippen LogP contribution < -0.4 is 16.2 Å². The number of para-hydroxylation sites is 1. The summed E-state index contributed by atoms with van der Waals surface area (Å²) < 4.78 is 83.2. The second kappa shape index (κ2) is 22.5. The number of imidazole rings is 2. The highest BCUT2D eigenvalue weighted by Gasteiger charge is 2.58. The molecular weight excluding hydrogens is 1020 g/mol. The van der Waals surface area contributed by atoms with E-state index in [4.69, 9.17) is 41.4 Å². The van der Waals surface area contributed by atoms with Crippen molar-refractivity contribution in [3.05, 3.63) is 65.6 Å². The molecule has 2 aliphatic heterocycles. The van der Waals surface area contributed by atoms with E-state index in [2.05, 4.69) is 30.6 Å². The number of hydrogen-bond acceptors (Lipinski definition) is 19. The maximum absolute atomic E-state index is 15.5. The van der Waals surface area contributed by atoms with Gasteiger partial charge in [0, 0.05) is 23.0 Å². The summed E-state index contributed by atoms with van der Waals surface area (Å²) in [4.78, 5) is 44.8. The number of nitrogens with one attached hydrogen (secondary N) is 3. The van der Waals surface area contributed by atoms with Gasteiger partial charge in [0.1, 0.15) is 36.0 Å². The standard InChI is InChI=1S/C46H68N10O13P2Si2/c1-28(2)23-49-44-53-40-34(41(58)54-44)51-27-56(40)42-37(36(31(24-57)64-42)68-72(9,10)45(3,4)5)67-71(61,62-22-16-20-47)63-25-32-35(66-70(59)60)38(69-73(11,12)46(6,7)8)43(65-32)55-26-50-33-30(55)19-21-48-39(33)52-29-17-14-13-15-18-29/h13-15,17-19,21,26-28,31-32,35-38,42-43,57H,16,22-25H2,1-12H3,(H3-,48,49,52,53,54,58,59,60)/p+1/t31-,32-,35-,36-,37-,38-,42-,43-,71?/m1/s1. The van der Waals surface area contributed by atoms with Crippen molar-refractivity contribution in [2.75, 3.05) is 37.0 Å². The van der Waals surface area contributed by atoms with Crippen LogP contribution in [-0.2, 0) is 45.6 Å². The zero-order chi connectivity index (χ0) is 53.3. The molecule has 5 N–H and O–H groups in total. The quantitative estimate of drug-likeness (QED) is 0.0247. The molecule has 0 amide bonds. The van der Waals surface area contributed by atoms with Gasteiger partial charge in [-0.3, -0.25) is 27.9 Å². The number of rotatable bonds is 22. The topological polar surface area (TPSA) is 291 Å². The van der Waals surface area contributed by atoms with E-state index >= 15 is 4.57 Å². The van der Waals surface area contributed by atoms with Gasteiger partial charge in [-0.15, -0.1) is 9.42 Å². The van der Waals surface area contributed by atoms with Gasteiger partial charge in [0.15, 0.2) is 52.2 Å². The number of aromatic nitrogens is 7. The van der Waals surface area contributed by atoms with E-state index in [-0.39, 0.29) is 39.5 Å². The first-order valence-electron chi connectivity index (χ1n) is 24.2. The zero-order valence-corrected chi connectivity index (χ0v) is 47.1. The number of fused-ring (bicyclic) bond motifs is 2. The van der Waals surface area contributed by atoms with Crippen LogP contribution in [-0.4, -0.2) is 124 Å². The molecule has 10 atom stereocenters. The first-order valence-corrected chi connectivity index (χ1v) is 32.6. The summed E-state index contributed by atoms with van der Waals surface area (Å²) in [7, 11) is -13.7. The van der Waals surface area contributed by atoms with E-state index in [1.807, 2.05) is 118 Å². The Hall–Kier alpha value is -4.36. The van der Waals surface area contributed by atoms with Crippen molar-refractivity contribution in [1.29, 1.82) is 5.26 Å². The monoisotopic (exact) mass is 1090 g/mol. The second-order valence-corrected chi connectivity index (χ2v) is 33.4. The number of benzene rings is 1. The summed E-state index contributed by atoms with van der Waals surface area (Å²) in [6, 6.07) is 13.2. The van der Waals surface area contributed by atoms with Gasteiger partial charge in [-0.1, -0.05) is 73.6 Å². The molecule has 0 aliphatic carbocycles. The van der Waals surface area contributed by atoms with Crippen molar-refractivity contribution in [3.63, 3.8) is 0 Å². The van der Waals surface area contributed by atoms with Crippen molar-refractivity contribution >= 4 is 72.4 Å². The zero-order valence-electron chi connectivity index (χ0n) is 43.3. The number of hydrogen-bond donors (Lipinski definition) is 5. The molecule has 4 aromatic heterocycles. The van der Waals surface area contributed by atoms with Gasteiger partial charge in [0.25, 0.3) is 5.56 Å². The van der Waals surface area contributed by atoms with Crippen LogP contribution in [0, 0.1) is 17.2 Å². The molecule has 5 aromatic rings. The Morgan fingerprint density at radius 2 is 1.52 bits per heavy atom. The number of aromatic amines is 1. The minimum atomic E-state index is -4.93. The summed E-state index contributed by atoms with van der Waals surface area (Å²) in [5.41, 5.74) is 1.37. The Morgan fingerprint density at radius 1 is 0.890 bits per heavy atom. The van der Waals surface area contributed by atoms with Crippen LogP contribution >= 0.6 is 16.1 Å². The lowest BCUT2D eigenvalue weighted by atomic mass is 10.1. The van der Waals surface area contributed by atoms with Crippen molar-refractivity contribution in [2.24, 2.45) is 5.92 Å². The predicted molar refractivity (Wildman–Crippen MR) is 277 cm³/mol. The summed E-state index contributed by atoms with van der Waals surface area (Å²) in [6.45, 7) is 23.1. The van der Waals surface area contributed by atoms with Gasteiger partial charge in [-0.2, -0.15) is 10.2 Å². The Labute approximate surface area is 427 Å². The molecule has 23 nitrogen and oxygen atoms in total. The number of aliphatic hydroxyl groups excluding tert-OH is 1. The average molecular weight is 1090 g/mol. The molecule has 0 spiro atoms. The number of pyridine rings is 1. The van der Waals surface area contributed by atoms with E-state index in [1.165, 1.54) is 10.9 Å². The molecule has 6 heterocycles. The summed E-state index contributed by atoms with van der Waals surface area (Å²) in [5, 5.41) is 26.2. The minimum absolute atomic E-state index is 0.0299. The average Bonchev–Trinajstić information content (AvgIpc) is 4.09. The van der Waals surface area contributed by atoms with Crippen LogP contribution in [0.5, 0.6) is 0 Å². The molecule has 27 heteroatoms. The molecule has 7 rings (SSSR count). The van der Waals surface area contributed by atoms with Crippen LogP contribution in [0.1, 0.15) is 74.3 Å². The summed E-state index contributed by atoms with van der Waals surface area (Å²) >= 11 is 0. The van der Waals surface area contributed by atoms with Crippen LogP contribution in [0.15, 0.2) is 60.0 Å². The molecule has 2 aliphatic rings. The van der Waals surface area contributed by atoms with Gasteiger partial charge < -0.3 is 38.6 Å². The number of nitriles is 1. The molecule has 0 bridgehead atoms. The number of nitrogens with zero attached hydrogens (tertiary/aromatic N) is 7. The molecule has 1 aromatic carbocycles.